The highest BCUT2D eigenvalue weighted by atomic mass is 32.1. The third kappa shape index (κ3) is 3.30. The molecule has 0 unspecified atom stereocenters. The van der Waals surface area contributed by atoms with Crippen LogP contribution >= 0.6 is 12.2 Å². The molecule has 0 radical (unpaired) electrons. The van der Waals surface area contributed by atoms with E-state index >= 15 is 0 Å². The van der Waals surface area contributed by atoms with Crippen molar-refractivity contribution in [2.24, 2.45) is 17.8 Å². The summed E-state index contributed by atoms with van der Waals surface area (Å²) in [6.45, 7) is 4.15. The Balaban J connectivity index is 1.44. The van der Waals surface area contributed by atoms with Gasteiger partial charge in [0.25, 0.3) is 0 Å². The van der Waals surface area contributed by atoms with Crippen LogP contribution in [-0.4, -0.2) is 11.2 Å². The zero-order valence-corrected chi connectivity index (χ0v) is 15.5. The van der Waals surface area contributed by atoms with E-state index in [4.69, 9.17) is 16.6 Å². The van der Waals surface area contributed by atoms with E-state index in [2.05, 4.69) is 17.6 Å². The predicted octanol–water partition coefficient (Wildman–Crippen LogP) is 4.21. The summed E-state index contributed by atoms with van der Waals surface area (Å²) in [7, 11) is 0. The van der Waals surface area contributed by atoms with Crippen molar-refractivity contribution in [3.63, 3.8) is 0 Å². The van der Waals surface area contributed by atoms with E-state index in [1.807, 2.05) is 25.1 Å². The molecule has 2 fully saturated rings. The van der Waals surface area contributed by atoms with Crippen LogP contribution in [0.15, 0.2) is 33.5 Å². The largest absolute Gasteiger partial charge is 0.423 e. The molecule has 2 aliphatic carbocycles. The SMILES string of the molecule is Cc1cc(=O)oc2cc(NC(=S)N[C@@H](C)[C@@H]3C[C@@H]4CC[C@@H]3C4)ccc12. The van der Waals surface area contributed by atoms with Crippen molar-refractivity contribution in [2.45, 2.75) is 45.6 Å². The quantitative estimate of drug-likeness (QED) is 0.637. The van der Waals surface area contributed by atoms with Crippen molar-refractivity contribution in [3.8, 4) is 0 Å². The number of nitrogens with one attached hydrogen (secondary N) is 2. The molecule has 132 valence electrons. The molecule has 0 amide bonds. The van der Waals surface area contributed by atoms with E-state index < -0.39 is 0 Å². The molecule has 4 nitrogen and oxygen atoms in total. The van der Waals surface area contributed by atoms with Gasteiger partial charge < -0.3 is 15.1 Å². The summed E-state index contributed by atoms with van der Waals surface area (Å²) >= 11 is 5.49. The Morgan fingerprint density at radius 2 is 2.12 bits per heavy atom. The van der Waals surface area contributed by atoms with Gasteiger partial charge in [0.05, 0.1) is 0 Å². The molecule has 2 saturated carbocycles. The maximum absolute atomic E-state index is 11.6. The molecule has 25 heavy (non-hydrogen) atoms. The molecule has 0 spiro atoms. The van der Waals surface area contributed by atoms with E-state index in [1.165, 1.54) is 31.7 Å². The van der Waals surface area contributed by atoms with Crippen LogP contribution < -0.4 is 16.3 Å². The van der Waals surface area contributed by atoms with Crippen LogP contribution in [0.4, 0.5) is 5.69 Å². The summed E-state index contributed by atoms with van der Waals surface area (Å²) in [5.41, 5.74) is 2.01. The molecule has 2 aromatic rings. The molecule has 2 N–H and O–H groups in total. The van der Waals surface area contributed by atoms with Gasteiger partial charge in [-0.15, -0.1) is 0 Å². The monoisotopic (exact) mass is 356 g/mol. The lowest BCUT2D eigenvalue weighted by Crippen LogP contribution is -2.42. The molecular weight excluding hydrogens is 332 g/mol. The fourth-order valence-corrected chi connectivity index (χ4v) is 5.09. The topological polar surface area (TPSA) is 54.3 Å². The Labute approximate surface area is 153 Å². The zero-order chi connectivity index (χ0) is 17.6. The van der Waals surface area contributed by atoms with E-state index in [1.54, 1.807) is 0 Å². The summed E-state index contributed by atoms with van der Waals surface area (Å²) in [4.78, 5) is 11.6. The lowest BCUT2D eigenvalue weighted by atomic mass is 9.84. The predicted molar refractivity (Wildman–Crippen MR) is 105 cm³/mol. The van der Waals surface area contributed by atoms with Crippen LogP contribution in [0.25, 0.3) is 11.0 Å². The fraction of sp³-hybridized carbons (Fsp3) is 0.500. The first-order valence-corrected chi connectivity index (χ1v) is 9.52. The van der Waals surface area contributed by atoms with Gasteiger partial charge in [0.1, 0.15) is 5.58 Å². The maximum Gasteiger partial charge on any atom is 0.336 e. The van der Waals surface area contributed by atoms with Crippen LogP contribution in [0.2, 0.25) is 0 Å². The average molecular weight is 356 g/mol. The van der Waals surface area contributed by atoms with Crippen molar-refractivity contribution in [2.75, 3.05) is 5.32 Å². The van der Waals surface area contributed by atoms with Crippen LogP contribution in [0.3, 0.4) is 0 Å². The number of thiocarbonyl (C=S) groups is 1. The Morgan fingerprint density at radius 3 is 2.84 bits per heavy atom. The summed E-state index contributed by atoms with van der Waals surface area (Å²) in [6.07, 6.45) is 5.53. The Bertz CT molecular complexity index is 876. The second-order valence-electron chi connectivity index (χ2n) is 7.69. The van der Waals surface area contributed by atoms with Crippen molar-refractivity contribution < 1.29 is 4.42 Å². The Kier molecular flexibility index (Phi) is 4.28. The number of benzene rings is 1. The molecule has 4 rings (SSSR count). The standard InChI is InChI=1S/C20H24N2O2S/c1-11-7-19(23)24-18-10-15(5-6-16(11)18)22-20(25)21-12(2)17-9-13-3-4-14(17)8-13/h5-7,10,12-14,17H,3-4,8-9H2,1-2H3,(H2,21,22,25)/t12-,13+,14+,17-/m0/s1. The lowest BCUT2D eigenvalue weighted by molar-refractivity contribution is 0.279. The van der Waals surface area contributed by atoms with Gasteiger partial charge in [-0.3, -0.25) is 0 Å². The second-order valence-corrected chi connectivity index (χ2v) is 8.09. The van der Waals surface area contributed by atoms with Gasteiger partial charge in [0.15, 0.2) is 5.11 Å². The number of hydrogen-bond donors (Lipinski definition) is 2. The average Bonchev–Trinajstić information content (AvgIpc) is 3.17. The molecule has 0 saturated heterocycles. The first kappa shape index (κ1) is 16.6. The van der Waals surface area contributed by atoms with Gasteiger partial charge >= 0.3 is 5.63 Å². The third-order valence-electron chi connectivity index (χ3n) is 6.00. The van der Waals surface area contributed by atoms with E-state index in [0.717, 1.165) is 34.4 Å². The smallest absolute Gasteiger partial charge is 0.336 e. The first-order valence-electron chi connectivity index (χ1n) is 9.11. The van der Waals surface area contributed by atoms with Crippen LogP contribution in [-0.2, 0) is 0 Å². The number of hydrogen-bond acceptors (Lipinski definition) is 3. The number of anilines is 1. The Morgan fingerprint density at radius 1 is 1.28 bits per heavy atom. The summed E-state index contributed by atoms with van der Waals surface area (Å²) < 4.78 is 5.30. The molecule has 5 heteroatoms. The lowest BCUT2D eigenvalue weighted by Gasteiger charge is -2.29. The normalized spacial score (nSPS) is 25.9. The van der Waals surface area contributed by atoms with Gasteiger partial charge in [-0.1, -0.05) is 6.42 Å². The number of rotatable bonds is 3. The molecule has 1 heterocycles. The number of fused-ring (bicyclic) bond motifs is 3. The number of aryl methyl sites for hydroxylation is 1. The van der Waals surface area contributed by atoms with E-state index in [0.29, 0.717) is 16.7 Å². The highest BCUT2D eigenvalue weighted by Gasteiger charge is 2.41. The van der Waals surface area contributed by atoms with Crippen LogP contribution in [0, 0.1) is 24.7 Å². The molecule has 2 aliphatic rings. The van der Waals surface area contributed by atoms with Crippen molar-refractivity contribution >= 4 is 34.0 Å². The minimum absolute atomic E-state index is 0.326. The summed E-state index contributed by atoms with van der Waals surface area (Å²) in [5, 5.41) is 8.26. The van der Waals surface area contributed by atoms with Gasteiger partial charge in [0, 0.05) is 29.2 Å². The first-order chi connectivity index (χ1) is 12.0. The van der Waals surface area contributed by atoms with Gasteiger partial charge in [-0.25, -0.2) is 4.79 Å². The Hall–Kier alpha value is -1.88. The van der Waals surface area contributed by atoms with Crippen LogP contribution in [0.1, 0.15) is 38.2 Å². The fourth-order valence-electron chi connectivity index (χ4n) is 4.79. The molecule has 1 aromatic heterocycles. The summed E-state index contributed by atoms with van der Waals surface area (Å²) in [5.74, 6) is 2.54. The highest BCUT2D eigenvalue weighted by molar-refractivity contribution is 7.80. The molecule has 1 aromatic carbocycles. The van der Waals surface area contributed by atoms with Crippen molar-refractivity contribution in [3.05, 3.63) is 40.2 Å². The molecule has 0 aliphatic heterocycles. The van der Waals surface area contributed by atoms with E-state index in [9.17, 15) is 4.79 Å². The molecule has 2 bridgehead atoms. The van der Waals surface area contributed by atoms with Crippen molar-refractivity contribution in [1.29, 1.82) is 0 Å². The van der Waals surface area contributed by atoms with Gasteiger partial charge in [0.2, 0.25) is 0 Å². The summed E-state index contributed by atoms with van der Waals surface area (Å²) in [6, 6.07) is 7.65. The van der Waals surface area contributed by atoms with Gasteiger partial charge in [-0.2, -0.15) is 0 Å². The maximum atomic E-state index is 11.6. The minimum Gasteiger partial charge on any atom is -0.423 e. The zero-order valence-electron chi connectivity index (χ0n) is 14.7. The highest BCUT2D eigenvalue weighted by Crippen LogP contribution is 2.49. The van der Waals surface area contributed by atoms with E-state index in [-0.39, 0.29) is 5.63 Å². The second kappa shape index (κ2) is 6.45. The molecule has 4 atom stereocenters. The minimum atomic E-state index is -0.326. The van der Waals surface area contributed by atoms with Crippen LogP contribution in [0.5, 0.6) is 0 Å². The van der Waals surface area contributed by atoms with Gasteiger partial charge in [-0.05, 0) is 80.8 Å². The molecular formula is C20H24N2O2S. The van der Waals surface area contributed by atoms with Crippen molar-refractivity contribution in [1.82, 2.24) is 5.32 Å². The third-order valence-corrected chi connectivity index (χ3v) is 6.22.